The molecule has 0 N–H and O–H groups in total. The molecule has 1 saturated heterocycles. The highest BCUT2D eigenvalue weighted by atomic mass is 16.6. The Morgan fingerprint density at radius 1 is 1.73 bits per heavy atom. The summed E-state index contributed by atoms with van der Waals surface area (Å²) in [6, 6.07) is 0. The van der Waals surface area contributed by atoms with E-state index in [1.807, 2.05) is 0 Å². The van der Waals surface area contributed by atoms with E-state index in [4.69, 9.17) is 4.74 Å². The molecule has 0 radical (unpaired) electrons. The van der Waals surface area contributed by atoms with Crippen LogP contribution >= 0.6 is 0 Å². The number of ether oxygens (including phenoxy) is 2. The van der Waals surface area contributed by atoms with Gasteiger partial charge in [0.2, 0.25) is 0 Å². The summed E-state index contributed by atoms with van der Waals surface area (Å²) >= 11 is 0. The summed E-state index contributed by atoms with van der Waals surface area (Å²) in [5, 5.41) is 0. The van der Waals surface area contributed by atoms with Crippen molar-refractivity contribution in [1.82, 2.24) is 0 Å². The monoisotopic (exact) mass is 158 g/mol. The van der Waals surface area contributed by atoms with Crippen molar-refractivity contribution in [3.8, 4) is 0 Å². The Labute approximate surface area is 64.5 Å². The maximum Gasteiger partial charge on any atom is 0.305 e. The summed E-state index contributed by atoms with van der Waals surface area (Å²) in [6.45, 7) is 0. The highest BCUT2D eigenvalue weighted by Gasteiger charge is 2.38. The summed E-state index contributed by atoms with van der Waals surface area (Å²) in [5.41, 5.74) is 0. The molecule has 0 bridgehead atoms. The normalized spacial score (nSPS) is 27.7. The molecule has 0 saturated carbocycles. The Bertz CT molecular complexity index is 166. The summed E-state index contributed by atoms with van der Waals surface area (Å²) in [6.07, 6.45) is 1.33. The first-order valence-corrected chi connectivity index (χ1v) is 3.45. The Balaban J connectivity index is 2.05. The third kappa shape index (κ3) is 2.31. The molecule has 0 aromatic heterocycles. The lowest BCUT2D eigenvalue weighted by molar-refractivity contribution is -0.140. The van der Waals surface area contributed by atoms with Crippen LogP contribution in [0.4, 0.5) is 0 Å². The van der Waals surface area contributed by atoms with Crippen molar-refractivity contribution < 1.29 is 19.1 Å². The third-order valence-corrected chi connectivity index (χ3v) is 1.62. The fraction of sp³-hybridized carbons (Fsp3) is 0.714. The predicted octanol–water partition coefficient (Wildman–Crippen LogP) is -0.0941. The van der Waals surface area contributed by atoms with Gasteiger partial charge in [0.25, 0.3) is 0 Å². The van der Waals surface area contributed by atoms with Crippen LogP contribution in [0.5, 0.6) is 0 Å². The molecule has 0 spiro atoms. The Morgan fingerprint density at radius 2 is 2.45 bits per heavy atom. The van der Waals surface area contributed by atoms with E-state index < -0.39 is 0 Å². The van der Waals surface area contributed by atoms with E-state index in [0.29, 0.717) is 12.8 Å². The van der Waals surface area contributed by atoms with Crippen LogP contribution in [-0.2, 0) is 19.1 Å². The molecule has 2 atom stereocenters. The van der Waals surface area contributed by atoms with E-state index in [9.17, 15) is 9.59 Å². The standard InChI is InChI=1S/C7H10O4/c1-10-7(9)3-2-5-6(4-8)11-5/h4-6H,2-3H2,1H3/t5-,6-/m0/s1. The van der Waals surface area contributed by atoms with Crippen molar-refractivity contribution in [3.05, 3.63) is 0 Å². The Morgan fingerprint density at radius 3 is 2.91 bits per heavy atom. The van der Waals surface area contributed by atoms with Gasteiger partial charge in [-0.3, -0.25) is 4.79 Å². The fourth-order valence-electron chi connectivity index (χ4n) is 0.871. The number of hydrogen-bond donors (Lipinski definition) is 0. The number of hydrogen-bond acceptors (Lipinski definition) is 4. The lowest BCUT2D eigenvalue weighted by Crippen LogP contribution is -2.03. The van der Waals surface area contributed by atoms with Gasteiger partial charge in [-0.2, -0.15) is 0 Å². The van der Waals surface area contributed by atoms with E-state index in [-0.39, 0.29) is 18.2 Å². The molecule has 0 amide bonds. The maximum absolute atomic E-state index is 10.6. The lowest BCUT2D eigenvalue weighted by atomic mass is 10.2. The van der Waals surface area contributed by atoms with E-state index in [1.54, 1.807) is 0 Å². The number of epoxide rings is 1. The second-order valence-corrected chi connectivity index (χ2v) is 2.39. The van der Waals surface area contributed by atoms with Crippen LogP contribution < -0.4 is 0 Å². The van der Waals surface area contributed by atoms with Gasteiger partial charge < -0.3 is 14.3 Å². The van der Waals surface area contributed by atoms with Gasteiger partial charge in [0.05, 0.1) is 13.2 Å². The van der Waals surface area contributed by atoms with Crippen molar-refractivity contribution in [1.29, 1.82) is 0 Å². The van der Waals surface area contributed by atoms with E-state index in [0.717, 1.165) is 6.29 Å². The summed E-state index contributed by atoms with van der Waals surface area (Å²) in [4.78, 5) is 20.6. The van der Waals surface area contributed by atoms with Gasteiger partial charge in [0, 0.05) is 6.42 Å². The molecule has 0 aromatic carbocycles. The first-order chi connectivity index (χ1) is 5.27. The first kappa shape index (κ1) is 8.20. The van der Waals surface area contributed by atoms with E-state index in [1.165, 1.54) is 7.11 Å². The van der Waals surface area contributed by atoms with Crippen LogP contribution in [0.25, 0.3) is 0 Å². The van der Waals surface area contributed by atoms with Crippen LogP contribution in [0.1, 0.15) is 12.8 Å². The molecule has 0 aliphatic carbocycles. The average Bonchev–Trinajstić information content (AvgIpc) is 2.78. The minimum atomic E-state index is -0.278. The van der Waals surface area contributed by atoms with Crippen LogP contribution in [0.15, 0.2) is 0 Å². The van der Waals surface area contributed by atoms with Crippen LogP contribution in [-0.4, -0.2) is 31.6 Å². The highest BCUT2D eigenvalue weighted by Crippen LogP contribution is 2.24. The predicted molar refractivity (Wildman–Crippen MR) is 36.0 cm³/mol. The molecule has 0 unspecified atom stereocenters. The first-order valence-electron chi connectivity index (χ1n) is 3.45. The summed E-state index contributed by atoms with van der Waals surface area (Å²) < 4.78 is 9.30. The van der Waals surface area contributed by atoms with Crippen molar-refractivity contribution >= 4 is 12.3 Å². The molecule has 4 nitrogen and oxygen atoms in total. The zero-order valence-corrected chi connectivity index (χ0v) is 6.28. The molecule has 1 heterocycles. The van der Waals surface area contributed by atoms with Gasteiger partial charge in [-0.25, -0.2) is 0 Å². The number of carbonyl (C=O) groups is 2. The van der Waals surface area contributed by atoms with Crippen LogP contribution in [0, 0.1) is 0 Å². The number of methoxy groups -OCH3 is 1. The van der Waals surface area contributed by atoms with Gasteiger partial charge in [0.15, 0.2) is 6.29 Å². The number of esters is 1. The summed E-state index contributed by atoms with van der Waals surface area (Å²) in [7, 11) is 1.34. The quantitative estimate of drug-likeness (QED) is 0.326. The molecule has 1 rings (SSSR count). The number of carbonyl (C=O) groups excluding carboxylic acids is 2. The van der Waals surface area contributed by atoms with Crippen LogP contribution in [0.2, 0.25) is 0 Å². The maximum atomic E-state index is 10.6. The third-order valence-electron chi connectivity index (χ3n) is 1.62. The van der Waals surface area contributed by atoms with Crippen molar-refractivity contribution in [2.45, 2.75) is 25.0 Å². The van der Waals surface area contributed by atoms with Crippen molar-refractivity contribution in [3.63, 3.8) is 0 Å². The van der Waals surface area contributed by atoms with E-state index >= 15 is 0 Å². The minimum absolute atomic E-state index is 0.0494. The molecule has 11 heavy (non-hydrogen) atoms. The molecule has 1 aliphatic heterocycles. The summed E-state index contributed by atoms with van der Waals surface area (Å²) in [5.74, 6) is -0.259. The van der Waals surface area contributed by atoms with Crippen LogP contribution in [0.3, 0.4) is 0 Å². The Hall–Kier alpha value is -0.900. The smallest absolute Gasteiger partial charge is 0.305 e. The zero-order valence-electron chi connectivity index (χ0n) is 6.28. The topological polar surface area (TPSA) is 55.9 Å². The van der Waals surface area contributed by atoms with Gasteiger partial charge >= 0.3 is 5.97 Å². The number of rotatable bonds is 4. The second-order valence-electron chi connectivity index (χ2n) is 2.39. The molecule has 62 valence electrons. The molecule has 1 aliphatic rings. The molecule has 4 heteroatoms. The van der Waals surface area contributed by atoms with E-state index in [2.05, 4.69) is 4.74 Å². The molecule has 1 fully saturated rings. The fourth-order valence-corrected chi connectivity index (χ4v) is 0.871. The lowest BCUT2D eigenvalue weighted by Gasteiger charge is -1.94. The SMILES string of the molecule is COC(=O)CC[C@@H]1O[C@H]1C=O. The zero-order chi connectivity index (χ0) is 8.27. The second kappa shape index (κ2) is 3.48. The molecular weight excluding hydrogens is 148 g/mol. The largest absolute Gasteiger partial charge is 0.469 e. The van der Waals surface area contributed by atoms with Gasteiger partial charge in [-0.1, -0.05) is 0 Å². The van der Waals surface area contributed by atoms with Crippen molar-refractivity contribution in [2.75, 3.05) is 7.11 Å². The average molecular weight is 158 g/mol. The Kier molecular flexibility index (Phi) is 2.59. The van der Waals surface area contributed by atoms with Gasteiger partial charge in [0.1, 0.15) is 6.10 Å². The molecule has 0 aromatic rings. The van der Waals surface area contributed by atoms with Crippen molar-refractivity contribution in [2.24, 2.45) is 0 Å². The van der Waals surface area contributed by atoms with Gasteiger partial charge in [-0.15, -0.1) is 0 Å². The molecular formula is C7H10O4. The number of aldehydes is 1. The highest BCUT2D eigenvalue weighted by molar-refractivity contribution is 5.69. The van der Waals surface area contributed by atoms with Gasteiger partial charge in [-0.05, 0) is 6.42 Å². The minimum Gasteiger partial charge on any atom is -0.469 e.